The van der Waals surface area contributed by atoms with Gasteiger partial charge in [0, 0.05) is 11.8 Å². The minimum Gasteiger partial charge on any atom is -0.496 e. The van der Waals surface area contributed by atoms with Gasteiger partial charge in [0.2, 0.25) is 5.43 Å². The maximum Gasteiger partial charge on any atom is 0.201 e. The molecule has 6 heteroatoms. The average molecular weight is 435 g/mol. The Labute approximate surface area is 180 Å². The van der Waals surface area contributed by atoms with Gasteiger partial charge in [0.25, 0.3) is 0 Å². The molecule has 0 atom stereocenters. The van der Waals surface area contributed by atoms with Crippen LogP contribution >= 0.6 is 0 Å². The van der Waals surface area contributed by atoms with E-state index < -0.39 is 9.84 Å². The first kappa shape index (κ1) is 20.9. The number of hydrogen-bond donors (Lipinski definition) is 0. The molecule has 0 radical (unpaired) electrons. The lowest BCUT2D eigenvalue weighted by Gasteiger charge is -2.14. The second-order valence-electron chi connectivity index (χ2n) is 7.57. The van der Waals surface area contributed by atoms with Gasteiger partial charge in [0.05, 0.1) is 23.0 Å². The zero-order valence-corrected chi connectivity index (χ0v) is 18.5. The van der Waals surface area contributed by atoms with Crippen molar-refractivity contribution in [1.29, 1.82) is 0 Å². The van der Waals surface area contributed by atoms with E-state index in [0.29, 0.717) is 27.9 Å². The van der Waals surface area contributed by atoms with Gasteiger partial charge in [0.1, 0.15) is 17.1 Å². The smallest absolute Gasteiger partial charge is 0.201 e. The predicted molar refractivity (Wildman–Crippen MR) is 122 cm³/mol. The molecule has 0 aliphatic carbocycles. The quantitative estimate of drug-likeness (QED) is 0.444. The highest BCUT2D eigenvalue weighted by Gasteiger charge is 2.20. The highest BCUT2D eigenvalue weighted by Crippen LogP contribution is 2.36. The molecule has 158 valence electrons. The zero-order valence-electron chi connectivity index (χ0n) is 17.7. The number of hydrogen-bond acceptors (Lipinski definition) is 5. The zero-order chi connectivity index (χ0) is 22.3. The van der Waals surface area contributed by atoms with Crippen molar-refractivity contribution in [3.8, 4) is 28.2 Å². The number of methoxy groups -OCH3 is 1. The van der Waals surface area contributed by atoms with Crippen LogP contribution in [0.25, 0.3) is 33.4 Å². The molecular formula is C25H22O5S. The third-order valence-corrected chi connectivity index (χ3v) is 6.42. The summed E-state index contributed by atoms with van der Waals surface area (Å²) in [5, 5.41) is 0.486. The fourth-order valence-corrected chi connectivity index (χ4v) is 4.51. The molecule has 31 heavy (non-hydrogen) atoms. The van der Waals surface area contributed by atoms with Gasteiger partial charge in [0.15, 0.2) is 9.84 Å². The fourth-order valence-electron chi connectivity index (χ4n) is 3.88. The summed E-state index contributed by atoms with van der Waals surface area (Å²) in [7, 11) is -1.71. The van der Waals surface area contributed by atoms with Crippen molar-refractivity contribution in [3.63, 3.8) is 0 Å². The molecule has 1 aromatic heterocycles. The van der Waals surface area contributed by atoms with Crippen LogP contribution in [0, 0.1) is 13.8 Å². The summed E-state index contributed by atoms with van der Waals surface area (Å²) in [6.07, 6.45) is 1.16. The Bertz CT molecular complexity index is 1440. The second kappa shape index (κ2) is 7.71. The Morgan fingerprint density at radius 3 is 2.06 bits per heavy atom. The molecule has 0 aliphatic rings. The van der Waals surface area contributed by atoms with Crippen molar-refractivity contribution in [1.82, 2.24) is 0 Å². The van der Waals surface area contributed by atoms with E-state index in [1.165, 1.54) is 12.1 Å². The Balaban J connectivity index is 2.05. The molecular weight excluding hydrogens is 412 g/mol. The van der Waals surface area contributed by atoms with Crippen molar-refractivity contribution in [2.75, 3.05) is 13.4 Å². The highest BCUT2D eigenvalue weighted by atomic mass is 32.2. The molecule has 0 fully saturated rings. The standard InChI is InChI=1S/C25H22O5S/c1-15-13-18(14-16(2)24(15)29-3)22-23(26)20-7-5-6-8-21(20)30-25(22)17-9-11-19(12-10-17)31(4,27)28/h5-14H,1-4H3. The van der Waals surface area contributed by atoms with E-state index in [9.17, 15) is 13.2 Å². The summed E-state index contributed by atoms with van der Waals surface area (Å²) >= 11 is 0. The summed E-state index contributed by atoms with van der Waals surface area (Å²) in [6, 6.07) is 17.3. The van der Waals surface area contributed by atoms with E-state index in [1.54, 1.807) is 37.4 Å². The van der Waals surface area contributed by atoms with Gasteiger partial charge in [-0.15, -0.1) is 0 Å². The monoisotopic (exact) mass is 434 g/mol. The van der Waals surface area contributed by atoms with Gasteiger partial charge in [-0.05, 0) is 79.1 Å². The molecule has 5 nitrogen and oxygen atoms in total. The molecule has 0 spiro atoms. The third kappa shape index (κ3) is 3.75. The number of ether oxygens (including phenoxy) is 1. The third-order valence-electron chi connectivity index (χ3n) is 5.30. The molecule has 1 heterocycles. The van der Waals surface area contributed by atoms with Gasteiger partial charge in [-0.1, -0.05) is 12.1 Å². The number of rotatable bonds is 4. The summed E-state index contributed by atoms with van der Waals surface area (Å²) in [5.41, 5.74) is 3.91. The lowest BCUT2D eigenvalue weighted by Crippen LogP contribution is -2.08. The number of fused-ring (bicyclic) bond motifs is 1. The minimum atomic E-state index is -3.33. The van der Waals surface area contributed by atoms with Gasteiger partial charge in [-0.2, -0.15) is 0 Å². The maximum atomic E-state index is 13.5. The Hall–Kier alpha value is -3.38. The largest absolute Gasteiger partial charge is 0.496 e. The average Bonchev–Trinajstić information content (AvgIpc) is 2.73. The van der Waals surface area contributed by atoms with Crippen molar-refractivity contribution >= 4 is 20.8 Å². The van der Waals surface area contributed by atoms with E-state index in [4.69, 9.17) is 9.15 Å². The number of benzene rings is 3. The van der Waals surface area contributed by atoms with Crippen LogP contribution in [0.1, 0.15) is 11.1 Å². The van der Waals surface area contributed by atoms with Crippen LogP contribution in [0.3, 0.4) is 0 Å². The first-order valence-electron chi connectivity index (χ1n) is 9.72. The lowest BCUT2D eigenvalue weighted by molar-refractivity contribution is 0.408. The van der Waals surface area contributed by atoms with Crippen molar-refractivity contribution in [2.24, 2.45) is 0 Å². The van der Waals surface area contributed by atoms with Crippen LogP contribution in [0.5, 0.6) is 5.75 Å². The molecule has 0 amide bonds. The van der Waals surface area contributed by atoms with E-state index >= 15 is 0 Å². The molecule has 4 rings (SSSR count). The molecule has 0 unspecified atom stereocenters. The molecule has 0 bridgehead atoms. The van der Waals surface area contributed by atoms with E-state index in [-0.39, 0.29) is 10.3 Å². The SMILES string of the molecule is COc1c(C)cc(-c2c(-c3ccc(S(C)(=O)=O)cc3)oc3ccccc3c2=O)cc1C. The number of para-hydroxylation sites is 1. The van der Waals surface area contributed by atoms with Crippen LogP contribution < -0.4 is 10.2 Å². The van der Waals surface area contributed by atoms with Crippen LogP contribution in [0.15, 0.2) is 74.8 Å². The van der Waals surface area contributed by atoms with Crippen molar-refractivity contribution in [2.45, 2.75) is 18.7 Å². The molecule has 4 aromatic rings. The first-order valence-corrected chi connectivity index (χ1v) is 11.6. The number of sulfone groups is 1. The van der Waals surface area contributed by atoms with E-state index in [1.807, 2.05) is 32.0 Å². The molecule has 3 aromatic carbocycles. The molecule has 0 N–H and O–H groups in total. The number of aryl methyl sites for hydroxylation is 2. The first-order chi connectivity index (χ1) is 14.7. The van der Waals surface area contributed by atoms with Crippen LogP contribution in [0.2, 0.25) is 0 Å². The fraction of sp³-hybridized carbons (Fsp3) is 0.160. The van der Waals surface area contributed by atoms with Crippen LogP contribution in [-0.4, -0.2) is 21.8 Å². The Morgan fingerprint density at radius 2 is 1.48 bits per heavy atom. The summed E-state index contributed by atoms with van der Waals surface area (Å²) < 4.78 is 35.4. The van der Waals surface area contributed by atoms with Crippen LogP contribution in [0.4, 0.5) is 0 Å². The van der Waals surface area contributed by atoms with Gasteiger partial charge in [-0.3, -0.25) is 4.79 Å². The predicted octanol–water partition coefficient (Wildman–Crippen LogP) is 5.16. The Kier molecular flexibility index (Phi) is 5.19. The molecule has 0 saturated carbocycles. The van der Waals surface area contributed by atoms with E-state index in [2.05, 4.69) is 0 Å². The summed E-state index contributed by atoms with van der Waals surface area (Å²) in [4.78, 5) is 13.7. The maximum absolute atomic E-state index is 13.5. The normalized spacial score (nSPS) is 11.6. The highest BCUT2D eigenvalue weighted by molar-refractivity contribution is 7.90. The second-order valence-corrected chi connectivity index (χ2v) is 9.59. The molecule has 0 aliphatic heterocycles. The van der Waals surface area contributed by atoms with Gasteiger partial charge >= 0.3 is 0 Å². The molecule has 0 saturated heterocycles. The summed E-state index contributed by atoms with van der Waals surface area (Å²) in [5.74, 6) is 1.17. The lowest BCUT2D eigenvalue weighted by atomic mass is 9.95. The van der Waals surface area contributed by atoms with E-state index in [0.717, 1.165) is 28.7 Å². The van der Waals surface area contributed by atoms with Crippen molar-refractivity contribution < 1.29 is 17.6 Å². The van der Waals surface area contributed by atoms with Crippen molar-refractivity contribution in [3.05, 3.63) is 82.0 Å². The van der Waals surface area contributed by atoms with Gasteiger partial charge in [-0.25, -0.2) is 8.42 Å². The topological polar surface area (TPSA) is 73.6 Å². The van der Waals surface area contributed by atoms with Gasteiger partial charge < -0.3 is 9.15 Å². The summed E-state index contributed by atoms with van der Waals surface area (Å²) in [6.45, 7) is 3.86. The minimum absolute atomic E-state index is 0.145. The Morgan fingerprint density at radius 1 is 0.871 bits per heavy atom. The van der Waals surface area contributed by atoms with Crippen LogP contribution in [-0.2, 0) is 9.84 Å².